The van der Waals surface area contributed by atoms with Crippen LogP contribution in [0.25, 0.3) is 0 Å². The highest BCUT2D eigenvalue weighted by Crippen LogP contribution is 2.47. The standard InChI is InChI=1S/C11H15O2P/c1-3-14(13,4-2)11(12)10-8-6-5-7-9-10/h5-9H,3-4H2,1-2H3. The normalized spacial score (nSPS) is 11.3. The summed E-state index contributed by atoms with van der Waals surface area (Å²) in [4.78, 5) is 11.9. The zero-order valence-corrected chi connectivity index (χ0v) is 9.46. The molecule has 0 bridgehead atoms. The van der Waals surface area contributed by atoms with E-state index in [0.717, 1.165) is 0 Å². The highest BCUT2D eigenvalue weighted by atomic mass is 31.2. The fourth-order valence-electron chi connectivity index (χ4n) is 1.33. The third kappa shape index (κ3) is 2.13. The molecule has 0 aromatic heterocycles. The van der Waals surface area contributed by atoms with Crippen molar-refractivity contribution in [2.45, 2.75) is 13.8 Å². The Bertz CT molecular complexity index is 349. The van der Waals surface area contributed by atoms with Gasteiger partial charge in [-0.25, -0.2) is 0 Å². The molecule has 76 valence electrons. The molecule has 0 saturated carbocycles. The van der Waals surface area contributed by atoms with Crippen LogP contribution in [-0.2, 0) is 4.57 Å². The maximum absolute atomic E-state index is 12.1. The number of rotatable bonds is 4. The molecular formula is C11H15O2P. The van der Waals surface area contributed by atoms with Crippen molar-refractivity contribution in [1.29, 1.82) is 0 Å². The summed E-state index contributed by atoms with van der Waals surface area (Å²) in [5.41, 5.74) is 0.391. The van der Waals surface area contributed by atoms with Crippen molar-refractivity contribution < 1.29 is 9.36 Å². The lowest BCUT2D eigenvalue weighted by molar-refractivity contribution is 0.107. The van der Waals surface area contributed by atoms with Gasteiger partial charge >= 0.3 is 0 Å². The largest absolute Gasteiger partial charge is 0.315 e. The zero-order valence-electron chi connectivity index (χ0n) is 8.56. The van der Waals surface area contributed by atoms with Crippen LogP contribution in [0.2, 0.25) is 0 Å². The molecule has 0 heterocycles. The van der Waals surface area contributed by atoms with Gasteiger partial charge in [0, 0.05) is 17.9 Å². The predicted octanol–water partition coefficient (Wildman–Crippen LogP) is 3.23. The van der Waals surface area contributed by atoms with Crippen molar-refractivity contribution in [3.8, 4) is 0 Å². The monoisotopic (exact) mass is 210 g/mol. The van der Waals surface area contributed by atoms with Crippen LogP contribution in [0.5, 0.6) is 0 Å². The Labute approximate surface area is 84.7 Å². The molecule has 1 aromatic carbocycles. The van der Waals surface area contributed by atoms with Crippen LogP contribution in [0.15, 0.2) is 30.3 Å². The Morgan fingerprint density at radius 2 is 1.64 bits per heavy atom. The minimum absolute atomic E-state index is 0.178. The van der Waals surface area contributed by atoms with Gasteiger partial charge < -0.3 is 4.57 Å². The summed E-state index contributed by atoms with van der Waals surface area (Å²) in [5.74, 6) is 0. The van der Waals surface area contributed by atoms with E-state index in [0.29, 0.717) is 17.9 Å². The summed E-state index contributed by atoms with van der Waals surface area (Å²) >= 11 is 0. The van der Waals surface area contributed by atoms with E-state index in [-0.39, 0.29) is 5.52 Å². The summed E-state index contributed by atoms with van der Waals surface area (Å²) in [5, 5.41) is 0. The smallest absolute Gasteiger partial charge is 0.221 e. The van der Waals surface area contributed by atoms with Gasteiger partial charge in [0.15, 0.2) is 7.14 Å². The van der Waals surface area contributed by atoms with Crippen LogP contribution in [0.3, 0.4) is 0 Å². The molecule has 0 fully saturated rings. The fourth-order valence-corrected chi connectivity index (χ4v) is 2.97. The lowest BCUT2D eigenvalue weighted by Crippen LogP contribution is -2.04. The van der Waals surface area contributed by atoms with E-state index in [2.05, 4.69) is 0 Å². The number of hydrogen-bond donors (Lipinski definition) is 0. The quantitative estimate of drug-likeness (QED) is 0.715. The SMILES string of the molecule is CCP(=O)(CC)C(=O)c1ccccc1. The molecule has 14 heavy (non-hydrogen) atoms. The molecule has 0 spiro atoms. The molecule has 3 heteroatoms. The molecule has 0 N–H and O–H groups in total. The average molecular weight is 210 g/mol. The van der Waals surface area contributed by atoms with E-state index in [1.54, 1.807) is 24.3 Å². The van der Waals surface area contributed by atoms with Crippen LogP contribution in [0.4, 0.5) is 0 Å². The molecule has 1 aromatic rings. The number of hydrogen-bond acceptors (Lipinski definition) is 2. The Kier molecular flexibility index (Phi) is 3.65. The van der Waals surface area contributed by atoms with Crippen LogP contribution < -0.4 is 0 Å². The van der Waals surface area contributed by atoms with Gasteiger partial charge in [0.25, 0.3) is 0 Å². The van der Waals surface area contributed by atoms with Gasteiger partial charge in [0.05, 0.1) is 0 Å². The third-order valence-corrected chi connectivity index (χ3v) is 5.45. The summed E-state index contributed by atoms with van der Waals surface area (Å²) in [6.45, 7) is 3.62. The number of carbonyl (C=O) groups is 1. The summed E-state index contributed by atoms with van der Waals surface area (Å²) in [6, 6.07) is 8.88. The maximum atomic E-state index is 12.1. The van der Waals surface area contributed by atoms with Crippen molar-refractivity contribution in [1.82, 2.24) is 0 Å². The molecular weight excluding hydrogens is 195 g/mol. The summed E-state index contributed by atoms with van der Waals surface area (Å²) < 4.78 is 12.1. The van der Waals surface area contributed by atoms with Crippen molar-refractivity contribution in [2.75, 3.05) is 12.3 Å². The van der Waals surface area contributed by atoms with Crippen LogP contribution in [0.1, 0.15) is 24.2 Å². The van der Waals surface area contributed by atoms with E-state index in [1.807, 2.05) is 19.9 Å². The Balaban J connectivity index is 3.02. The molecule has 0 amide bonds. The first-order valence-corrected chi connectivity index (χ1v) is 6.89. The lowest BCUT2D eigenvalue weighted by Gasteiger charge is -2.12. The molecule has 1 rings (SSSR count). The Morgan fingerprint density at radius 3 is 2.07 bits per heavy atom. The first-order chi connectivity index (χ1) is 6.64. The molecule has 0 aliphatic heterocycles. The summed E-state index contributed by atoms with van der Waals surface area (Å²) in [7, 11) is -2.63. The lowest BCUT2D eigenvalue weighted by atomic mass is 10.2. The number of carbonyl (C=O) groups excluding carboxylic acids is 1. The topological polar surface area (TPSA) is 34.1 Å². The van der Waals surface area contributed by atoms with Crippen molar-refractivity contribution in [3.63, 3.8) is 0 Å². The zero-order chi connectivity index (χ0) is 10.6. The van der Waals surface area contributed by atoms with E-state index in [1.165, 1.54) is 0 Å². The van der Waals surface area contributed by atoms with Gasteiger partial charge in [-0.2, -0.15) is 0 Å². The highest BCUT2D eigenvalue weighted by Gasteiger charge is 2.27. The molecule has 0 atom stereocenters. The molecule has 0 radical (unpaired) electrons. The summed E-state index contributed by atoms with van der Waals surface area (Å²) in [6.07, 6.45) is 0.911. The molecule has 0 saturated heterocycles. The van der Waals surface area contributed by atoms with Crippen molar-refractivity contribution in [2.24, 2.45) is 0 Å². The van der Waals surface area contributed by atoms with Crippen molar-refractivity contribution in [3.05, 3.63) is 35.9 Å². The minimum Gasteiger partial charge on any atom is -0.315 e. The molecule has 0 unspecified atom stereocenters. The van der Waals surface area contributed by atoms with Gasteiger partial charge in [-0.1, -0.05) is 44.2 Å². The Morgan fingerprint density at radius 1 is 1.14 bits per heavy atom. The number of benzene rings is 1. The highest BCUT2D eigenvalue weighted by molar-refractivity contribution is 7.81. The first kappa shape index (κ1) is 11.2. The second-order valence-corrected chi connectivity index (χ2v) is 6.64. The third-order valence-electron chi connectivity index (χ3n) is 2.41. The van der Waals surface area contributed by atoms with Gasteiger partial charge in [0.2, 0.25) is 5.52 Å². The Hall–Kier alpha value is -0.880. The fraction of sp³-hybridized carbons (Fsp3) is 0.364. The second kappa shape index (κ2) is 4.56. The van der Waals surface area contributed by atoms with Gasteiger partial charge in [0.1, 0.15) is 0 Å². The molecule has 2 nitrogen and oxygen atoms in total. The second-order valence-electron chi connectivity index (χ2n) is 3.19. The maximum Gasteiger partial charge on any atom is 0.221 e. The van der Waals surface area contributed by atoms with Crippen LogP contribution >= 0.6 is 7.14 Å². The van der Waals surface area contributed by atoms with E-state index < -0.39 is 7.14 Å². The first-order valence-electron chi connectivity index (χ1n) is 4.82. The minimum atomic E-state index is -2.63. The van der Waals surface area contributed by atoms with Crippen LogP contribution in [-0.4, -0.2) is 17.8 Å². The van der Waals surface area contributed by atoms with Gasteiger partial charge in [-0.05, 0) is 0 Å². The van der Waals surface area contributed by atoms with E-state index in [9.17, 15) is 9.36 Å². The van der Waals surface area contributed by atoms with Crippen LogP contribution in [0, 0.1) is 0 Å². The average Bonchev–Trinajstić information content (AvgIpc) is 2.28. The van der Waals surface area contributed by atoms with E-state index >= 15 is 0 Å². The van der Waals surface area contributed by atoms with E-state index in [4.69, 9.17) is 0 Å². The van der Waals surface area contributed by atoms with Gasteiger partial charge in [-0.3, -0.25) is 4.79 Å². The predicted molar refractivity (Wildman–Crippen MR) is 59.5 cm³/mol. The molecule has 0 aliphatic carbocycles. The van der Waals surface area contributed by atoms with Gasteiger partial charge in [-0.15, -0.1) is 0 Å². The molecule has 0 aliphatic rings. The van der Waals surface area contributed by atoms with Crippen molar-refractivity contribution >= 4 is 12.7 Å².